The van der Waals surface area contributed by atoms with Crippen molar-refractivity contribution in [2.45, 2.75) is 19.1 Å². The predicted octanol–water partition coefficient (Wildman–Crippen LogP) is 3.08. The van der Waals surface area contributed by atoms with Gasteiger partial charge in [0.1, 0.15) is 12.2 Å². The third kappa shape index (κ3) is 2.71. The Hall–Kier alpha value is -2.89. The van der Waals surface area contributed by atoms with Crippen molar-refractivity contribution < 1.29 is 24.4 Å². The summed E-state index contributed by atoms with van der Waals surface area (Å²) in [6.45, 7) is 2.11. The van der Waals surface area contributed by atoms with Crippen LogP contribution in [0.3, 0.4) is 0 Å². The SMILES string of the molecule is Cc1ccccc1C1(O)OC(=O)C(C2=CCOO2)=C1Cc1ccccc1. The molecule has 1 atom stereocenters. The topological polar surface area (TPSA) is 65.0 Å². The molecular formula is C21H18O5. The van der Waals surface area contributed by atoms with E-state index in [1.807, 2.05) is 49.4 Å². The van der Waals surface area contributed by atoms with Gasteiger partial charge in [0.05, 0.1) is 0 Å². The lowest BCUT2D eigenvalue weighted by molar-refractivity contribution is -0.231. The van der Waals surface area contributed by atoms with E-state index in [0.717, 1.165) is 11.1 Å². The molecule has 5 nitrogen and oxygen atoms in total. The average Bonchev–Trinajstić information content (AvgIpc) is 3.24. The second-order valence-electron chi connectivity index (χ2n) is 6.30. The number of aliphatic hydroxyl groups is 1. The van der Waals surface area contributed by atoms with E-state index in [1.54, 1.807) is 18.2 Å². The number of ether oxygens (including phenoxy) is 1. The maximum atomic E-state index is 12.6. The smallest absolute Gasteiger partial charge is 0.345 e. The van der Waals surface area contributed by atoms with Crippen molar-refractivity contribution in [1.82, 2.24) is 0 Å². The number of hydrogen-bond acceptors (Lipinski definition) is 5. The summed E-state index contributed by atoms with van der Waals surface area (Å²) in [6, 6.07) is 16.9. The molecule has 0 amide bonds. The molecule has 0 bridgehead atoms. The maximum absolute atomic E-state index is 12.6. The molecule has 26 heavy (non-hydrogen) atoms. The highest BCUT2D eigenvalue weighted by Crippen LogP contribution is 2.44. The number of carbonyl (C=O) groups excluding carboxylic acids is 1. The number of cyclic esters (lactones) is 1. The first-order valence-corrected chi connectivity index (χ1v) is 8.39. The minimum absolute atomic E-state index is 0.220. The zero-order chi connectivity index (χ0) is 18.1. The summed E-state index contributed by atoms with van der Waals surface area (Å²) in [4.78, 5) is 22.7. The molecular weight excluding hydrogens is 332 g/mol. The van der Waals surface area contributed by atoms with Gasteiger partial charge in [-0.25, -0.2) is 4.79 Å². The zero-order valence-electron chi connectivity index (χ0n) is 14.3. The quantitative estimate of drug-likeness (QED) is 0.678. The van der Waals surface area contributed by atoms with Crippen LogP contribution in [0.15, 0.2) is 77.6 Å². The van der Waals surface area contributed by atoms with Crippen LogP contribution < -0.4 is 0 Å². The van der Waals surface area contributed by atoms with Crippen LogP contribution in [0.5, 0.6) is 0 Å². The number of esters is 1. The van der Waals surface area contributed by atoms with E-state index in [9.17, 15) is 9.90 Å². The third-order valence-corrected chi connectivity index (χ3v) is 4.62. The van der Waals surface area contributed by atoms with Gasteiger partial charge in [-0.05, 0) is 24.1 Å². The molecule has 0 fully saturated rings. The van der Waals surface area contributed by atoms with Crippen molar-refractivity contribution in [3.63, 3.8) is 0 Å². The fraction of sp³-hybridized carbons (Fsp3) is 0.190. The monoisotopic (exact) mass is 350 g/mol. The van der Waals surface area contributed by atoms with Gasteiger partial charge in [0.15, 0.2) is 5.76 Å². The van der Waals surface area contributed by atoms with Crippen LogP contribution in [0.25, 0.3) is 0 Å². The van der Waals surface area contributed by atoms with Crippen LogP contribution in [0.2, 0.25) is 0 Å². The van der Waals surface area contributed by atoms with E-state index >= 15 is 0 Å². The van der Waals surface area contributed by atoms with Crippen LogP contribution in [0.4, 0.5) is 0 Å². The molecule has 2 heterocycles. The van der Waals surface area contributed by atoms with E-state index in [2.05, 4.69) is 0 Å². The van der Waals surface area contributed by atoms with E-state index < -0.39 is 11.8 Å². The van der Waals surface area contributed by atoms with Crippen molar-refractivity contribution in [1.29, 1.82) is 0 Å². The number of rotatable bonds is 4. The highest BCUT2D eigenvalue weighted by atomic mass is 17.2. The lowest BCUT2D eigenvalue weighted by atomic mass is 9.88. The zero-order valence-corrected chi connectivity index (χ0v) is 14.3. The number of benzene rings is 2. The summed E-state index contributed by atoms with van der Waals surface area (Å²) >= 11 is 0. The standard InChI is InChI=1S/C21H18O5/c1-14-7-5-6-10-16(14)21(23)17(13-15-8-3-2-4-9-15)19(20(22)25-21)18-11-12-24-26-18/h2-11,23H,12-13H2,1H3. The summed E-state index contributed by atoms with van der Waals surface area (Å²) < 4.78 is 5.49. The van der Waals surface area contributed by atoms with Gasteiger partial charge in [0.25, 0.3) is 5.79 Å². The fourth-order valence-corrected chi connectivity index (χ4v) is 3.35. The van der Waals surface area contributed by atoms with Crippen LogP contribution in [-0.2, 0) is 31.5 Å². The Morgan fingerprint density at radius 2 is 1.81 bits per heavy atom. The summed E-state index contributed by atoms with van der Waals surface area (Å²) in [6.07, 6.45) is 2.00. The Morgan fingerprint density at radius 1 is 1.08 bits per heavy atom. The summed E-state index contributed by atoms with van der Waals surface area (Å²) in [5, 5.41) is 11.4. The number of carbonyl (C=O) groups is 1. The highest BCUT2D eigenvalue weighted by Gasteiger charge is 2.50. The van der Waals surface area contributed by atoms with E-state index in [0.29, 0.717) is 17.6 Å². The number of aryl methyl sites for hydroxylation is 1. The van der Waals surface area contributed by atoms with Gasteiger partial charge >= 0.3 is 5.97 Å². The minimum Gasteiger partial charge on any atom is -0.421 e. The molecule has 0 saturated heterocycles. The first-order chi connectivity index (χ1) is 12.6. The van der Waals surface area contributed by atoms with Crippen LogP contribution >= 0.6 is 0 Å². The summed E-state index contributed by atoms with van der Waals surface area (Å²) in [5.41, 5.74) is 2.97. The highest BCUT2D eigenvalue weighted by molar-refractivity contribution is 5.97. The first kappa shape index (κ1) is 16.6. The molecule has 2 aromatic carbocycles. The lowest BCUT2D eigenvalue weighted by Gasteiger charge is -2.27. The Morgan fingerprint density at radius 3 is 2.50 bits per heavy atom. The number of hydrogen-bond donors (Lipinski definition) is 1. The van der Waals surface area contributed by atoms with Crippen molar-refractivity contribution in [2.75, 3.05) is 6.61 Å². The molecule has 1 unspecified atom stereocenters. The largest absolute Gasteiger partial charge is 0.421 e. The molecule has 0 radical (unpaired) electrons. The van der Waals surface area contributed by atoms with E-state index in [4.69, 9.17) is 14.5 Å². The summed E-state index contributed by atoms with van der Waals surface area (Å²) in [5.74, 6) is -2.19. The molecule has 4 rings (SSSR count). The molecule has 2 aliphatic heterocycles. The third-order valence-electron chi connectivity index (χ3n) is 4.62. The normalized spacial score (nSPS) is 22.2. The van der Waals surface area contributed by atoms with E-state index in [1.165, 1.54) is 0 Å². The molecule has 0 spiro atoms. The predicted molar refractivity (Wildman–Crippen MR) is 93.5 cm³/mol. The van der Waals surface area contributed by atoms with Gasteiger partial charge in [-0.1, -0.05) is 54.6 Å². The molecule has 0 aliphatic carbocycles. The molecule has 0 aromatic heterocycles. The van der Waals surface area contributed by atoms with Crippen molar-refractivity contribution in [3.8, 4) is 0 Å². The molecule has 132 valence electrons. The molecule has 0 saturated carbocycles. The molecule has 1 N–H and O–H groups in total. The first-order valence-electron chi connectivity index (χ1n) is 8.39. The average molecular weight is 350 g/mol. The van der Waals surface area contributed by atoms with Crippen molar-refractivity contribution in [2.24, 2.45) is 0 Å². The second kappa shape index (κ2) is 6.44. The second-order valence-corrected chi connectivity index (χ2v) is 6.30. The Labute approximate surface area is 151 Å². The van der Waals surface area contributed by atoms with Gasteiger partial charge in [-0.3, -0.25) is 0 Å². The Kier molecular flexibility index (Phi) is 4.11. The van der Waals surface area contributed by atoms with Crippen LogP contribution in [0.1, 0.15) is 16.7 Å². The van der Waals surface area contributed by atoms with Gasteiger partial charge < -0.3 is 14.7 Å². The Balaban J connectivity index is 1.88. The summed E-state index contributed by atoms with van der Waals surface area (Å²) in [7, 11) is 0. The molecule has 2 aliphatic rings. The maximum Gasteiger partial charge on any atom is 0.345 e. The van der Waals surface area contributed by atoms with Crippen LogP contribution in [-0.4, -0.2) is 17.7 Å². The lowest BCUT2D eigenvalue weighted by Crippen LogP contribution is -2.30. The van der Waals surface area contributed by atoms with Crippen molar-refractivity contribution >= 4 is 5.97 Å². The Bertz CT molecular complexity index is 913. The van der Waals surface area contributed by atoms with E-state index in [-0.39, 0.29) is 17.9 Å². The van der Waals surface area contributed by atoms with Gasteiger partial charge in [-0.2, -0.15) is 4.89 Å². The molecule has 5 heteroatoms. The van der Waals surface area contributed by atoms with Crippen molar-refractivity contribution in [3.05, 3.63) is 94.3 Å². The van der Waals surface area contributed by atoms with Gasteiger partial charge in [0, 0.05) is 17.6 Å². The van der Waals surface area contributed by atoms with Gasteiger partial charge in [-0.15, -0.1) is 0 Å². The minimum atomic E-state index is -1.85. The fourth-order valence-electron chi connectivity index (χ4n) is 3.35. The molecule has 2 aromatic rings. The van der Waals surface area contributed by atoms with Gasteiger partial charge in [0.2, 0.25) is 0 Å². The van der Waals surface area contributed by atoms with Crippen LogP contribution in [0, 0.1) is 6.92 Å².